The fraction of sp³-hybridized carbons (Fsp3) is 0.182. The molecule has 0 aliphatic carbocycles. The van der Waals surface area contributed by atoms with Crippen molar-refractivity contribution in [2.75, 3.05) is 5.32 Å². The molecule has 1 aromatic carbocycles. The molecule has 0 spiro atoms. The van der Waals surface area contributed by atoms with Crippen molar-refractivity contribution >= 4 is 22.9 Å². The summed E-state index contributed by atoms with van der Waals surface area (Å²) in [5, 5.41) is 11.6. The van der Waals surface area contributed by atoms with Crippen LogP contribution in [-0.4, -0.2) is 16.1 Å². The van der Waals surface area contributed by atoms with Crippen molar-refractivity contribution in [1.29, 1.82) is 0 Å². The highest BCUT2D eigenvalue weighted by molar-refractivity contribution is 7.13. The lowest BCUT2D eigenvalue weighted by Gasteiger charge is -2.02. The Morgan fingerprint density at radius 3 is 2.75 bits per heavy atom. The van der Waals surface area contributed by atoms with Crippen molar-refractivity contribution in [2.45, 2.75) is 13.8 Å². The standard InChI is InChI=1S/C11H11N3OS/c1-7-4-3-5-9(6-7)12-10(15)11-14-13-8(2)16-11/h3-6H,1-2H3,(H,12,15). The van der Waals surface area contributed by atoms with E-state index in [1.165, 1.54) is 11.3 Å². The molecule has 0 fully saturated rings. The minimum atomic E-state index is -0.212. The van der Waals surface area contributed by atoms with E-state index in [2.05, 4.69) is 15.5 Å². The molecule has 1 N–H and O–H groups in total. The average molecular weight is 233 g/mol. The molecular weight excluding hydrogens is 222 g/mol. The fourth-order valence-corrected chi connectivity index (χ4v) is 1.88. The van der Waals surface area contributed by atoms with Crippen LogP contribution in [0.1, 0.15) is 20.4 Å². The number of nitrogens with one attached hydrogen (secondary N) is 1. The Balaban J connectivity index is 2.13. The lowest BCUT2D eigenvalue weighted by Crippen LogP contribution is -2.11. The topological polar surface area (TPSA) is 54.9 Å². The SMILES string of the molecule is Cc1cccc(NC(=O)c2nnc(C)s2)c1. The van der Waals surface area contributed by atoms with Crippen molar-refractivity contribution < 1.29 is 4.79 Å². The van der Waals surface area contributed by atoms with Crippen LogP contribution < -0.4 is 5.32 Å². The first-order chi connectivity index (χ1) is 7.65. The number of carbonyl (C=O) groups is 1. The maximum atomic E-state index is 11.7. The number of benzene rings is 1. The molecule has 0 aliphatic heterocycles. The largest absolute Gasteiger partial charge is 0.320 e. The molecule has 0 bridgehead atoms. The smallest absolute Gasteiger partial charge is 0.286 e. The van der Waals surface area contributed by atoms with Gasteiger partial charge in [-0.1, -0.05) is 23.5 Å². The summed E-state index contributed by atoms with van der Waals surface area (Å²) < 4.78 is 0. The van der Waals surface area contributed by atoms with Crippen LogP contribution >= 0.6 is 11.3 Å². The van der Waals surface area contributed by atoms with Gasteiger partial charge >= 0.3 is 0 Å². The quantitative estimate of drug-likeness (QED) is 0.866. The van der Waals surface area contributed by atoms with Crippen LogP contribution in [0.5, 0.6) is 0 Å². The molecule has 1 amide bonds. The van der Waals surface area contributed by atoms with E-state index in [4.69, 9.17) is 0 Å². The zero-order valence-corrected chi connectivity index (χ0v) is 9.84. The van der Waals surface area contributed by atoms with E-state index in [9.17, 15) is 4.79 Å². The Hall–Kier alpha value is -1.75. The molecule has 5 heteroatoms. The zero-order chi connectivity index (χ0) is 11.5. The predicted octanol–water partition coefficient (Wildman–Crippen LogP) is 2.41. The van der Waals surface area contributed by atoms with Gasteiger partial charge in [0.15, 0.2) is 0 Å². The first kappa shape index (κ1) is 10.8. The molecule has 2 rings (SSSR count). The Labute approximate surface area is 97.3 Å². The van der Waals surface area contributed by atoms with Gasteiger partial charge in [-0.3, -0.25) is 4.79 Å². The second-order valence-corrected chi connectivity index (χ2v) is 4.63. The maximum absolute atomic E-state index is 11.7. The molecule has 1 heterocycles. The molecule has 2 aromatic rings. The summed E-state index contributed by atoms with van der Waals surface area (Å²) >= 11 is 1.29. The highest BCUT2D eigenvalue weighted by Crippen LogP contribution is 2.13. The van der Waals surface area contributed by atoms with E-state index in [0.29, 0.717) is 5.01 Å². The number of aromatic nitrogens is 2. The molecule has 82 valence electrons. The van der Waals surface area contributed by atoms with Crippen LogP contribution in [-0.2, 0) is 0 Å². The van der Waals surface area contributed by atoms with Crippen molar-refractivity contribution in [1.82, 2.24) is 10.2 Å². The van der Waals surface area contributed by atoms with E-state index in [1.54, 1.807) is 0 Å². The monoisotopic (exact) mass is 233 g/mol. The minimum Gasteiger partial charge on any atom is -0.320 e. The van der Waals surface area contributed by atoms with Gasteiger partial charge in [-0.2, -0.15) is 0 Å². The first-order valence-electron chi connectivity index (χ1n) is 4.83. The summed E-state index contributed by atoms with van der Waals surface area (Å²) in [4.78, 5) is 11.7. The lowest BCUT2D eigenvalue weighted by atomic mass is 10.2. The summed E-state index contributed by atoms with van der Waals surface area (Å²) in [6.45, 7) is 3.80. The maximum Gasteiger partial charge on any atom is 0.286 e. The average Bonchev–Trinajstić information content (AvgIpc) is 2.65. The molecule has 4 nitrogen and oxygen atoms in total. The third-order valence-electron chi connectivity index (χ3n) is 2.00. The number of hydrogen-bond acceptors (Lipinski definition) is 4. The zero-order valence-electron chi connectivity index (χ0n) is 9.02. The molecule has 0 saturated heterocycles. The van der Waals surface area contributed by atoms with Gasteiger partial charge in [-0.15, -0.1) is 10.2 Å². The van der Waals surface area contributed by atoms with Crippen LogP contribution in [0.15, 0.2) is 24.3 Å². The number of carbonyl (C=O) groups excluding carboxylic acids is 1. The molecular formula is C11H11N3OS. The summed E-state index contributed by atoms with van der Waals surface area (Å²) in [5.74, 6) is -0.212. The Morgan fingerprint density at radius 1 is 1.31 bits per heavy atom. The van der Waals surface area contributed by atoms with E-state index in [0.717, 1.165) is 16.3 Å². The molecule has 0 radical (unpaired) electrons. The van der Waals surface area contributed by atoms with Crippen molar-refractivity contribution in [2.24, 2.45) is 0 Å². The van der Waals surface area contributed by atoms with E-state index in [1.807, 2.05) is 38.1 Å². The van der Waals surface area contributed by atoms with Crippen LogP contribution in [0, 0.1) is 13.8 Å². The number of hydrogen-bond donors (Lipinski definition) is 1. The van der Waals surface area contributed by atoms with Gasteiger partial charge in [-0.25, -0.2) is 0 Å². The Morgan fingerprint density at radius 2 is 2.12 bits per heavy atom. The molecule has 1 aromatic heterocycles. The summed E-state index contributed by atoms with van der Waals surface area (Å²) in [7, 11) is 0. The van der Waals surface area contributed by atoms with Gasteiger partial charge in [0.25, 0.3) is 5.91 Å². The van der Waals surface area contributed by atoms with Gasteiger partial charge in [0.2, 0.25) is 5.01 Å². The number of aryl methyl sites for hydroxylation is 2. The van der Waals surface area contributed by atoms with Crippen LogP contribution in [0.2, 0.25) is 0 Å². The lowest BCUT2D eigenvalue weighted by molar-refractivity contribution is 0.102. The van der Waals surface area contributed by atoms with Gasteiger partial charge in [-0.05, 0) is 31.5 Å². The van der Waals surface area contributed by atoms with Gasteiger partial charge in [0, 0.05) is 5.69 Å². The highest BCUT2D eigenvalue weighted by atomic mass is 32.1. The van der Waals surface area contributed by atoms with E-state index < -0.39 is 0 Å². The second-order valence-electron chi connectivity index (χ2n) is 3.45. The van der Waals surface area contributed by atoms with Crippen molar-refractivity contribution in [3.63, 3.8) is 0 Å². The highest BCUT2D eigenvalue weighted by Gasteiger charge is 2.10. The van der Waals surface area contributed by atoms with Crippen LogP contribution in [0.25, 0.3) is 0 Å². The Bertz CT molecular complexity index is 521. The number of rotatable bonds is 2. The first-order valence-corrected chi connectivity index (χ1v) is 5.65. The summed E-state index contributed by atoms with van der Waals surface area (Å²) in [6, 6.07) is 7.63. The Kier molecular flexibility index (Phi) is 2.96. The molecule has 0 saturated carbocycles. The number of amides is 1. The predicted molar refractivity (Wildman–Crippen MR) is 63.8 cm³/mol. The molecule has 0 atom stereocenters. The van der Waals surface area contributed by atoms with Gasteiger partial charge in [0.05, 0.1) is 0 Å². The van der Waals surface area contributed by atoms with E-state index in [-0.39, 0.29) is 5.91 Å². The number of nitrogens with zero attached hydrogens (tertiary/aromatic N) is 2. The van der Waals surface area contributed by atoms with Gasteiger partial charge in [0.1, 0.15) is 5.01 Å². The number of anilines is 1. The minimum absolute atomic E-state index is 0.212. The molecule has 16 heavy (non-hydrogen) atoms. The van der Waals surface area contributed by atoms with Crippen LogP contribution in [0.3, 0.4) is 0 Å². The van der Waals surface area contributed by atoms with Crippen molar-refractivity contribution in [3.05, 3.63) is 39.8 Å². The molecule has 0 aliphatic rings. The molecule has 0 unspecified atom stereocenters. The van der Waals surface area contributed by atoms with E-state index >= 15 is 0 Å². The van der Waals surface area contributed by atoms with Crippen LogP contribution in [0.4, 0.5) is 5.69 Å². The third-order valence-corrected chi connectivity index (χ3v) is 2.83. The third kappa shape index (κ3) is 2.43. The second kappa shape index (κ2) is 4.40. The summed E-state index contributed by atoms with van der Waals surface area (Å²) in [5.41, 5.74) is 1.88. The summed E-state index contributed by atoms with van der Waals surface area (Å²) in [6.07, 6.45) is 0. The fourth-order valence-electron chi connectivity index (χ4n) is 1.30. The van der Waals surface area contributed by atoms with Crippen molar-refractivity contribution in [3.8, 4) is 0 Å². The normalized spacial score (nSPS) is 10.1. The van der Waals surface area contributed by atoms with Gasteiger partial charge < -0.3 is 5.32 Å².